The summed E-state index contributed by atoms with van der Waals surface area (Å²) in [7, 11) is 1.66. The number of hydrogen-bond donors (Lipinski definition) is 0. The summed E-state index contributed by atoms with van der Waals surface area (Å²) in [4.78, 5) is 14.1. The molecule has 20 heavy (non-hydrogen) atoms. The highest BCUT2D eigenvalue weighted by Gasteiger charge is 2.17. The minimum Gasteiger partial charge on any atom is -0.496 e. The lowest BCUT2D eigenvalue weighted by Crippen LogP contribution is -2.42. The number of rotatable bonds is 3. The second kappa shape index (κ2) is 5.54. The van der Waals surface area contributed by atoms with E-state index in [1.165, 1.54) is 0 Å². The van der Waals surface area contributed by atoms with Gasteiger partial charge in [0.2, 0.25) is 5.91 Å². The number of morpholine rings is 1. The minimum atomic E-state index is 0.133. The molecule has 1 aromatic heterocycles. The van der Waals surface area contributed by atoms with E-state index in [4.69, 9.17) is 9.47 Å². The number of benzene rings is 1. The van der Waals surface area contributed by atoms with Gasteiger partial charge in [-0.3, -0.25) is 4.79 Å². The molecule has 0 saturated carbocycles. The highest BCUT2D eigenvalue weighted by Crippen LogP contribution is 2.26. The summed E-state index contributed by atoms with van der Waals surface area (Å²) in [5.74, 6) is 0.966. The van der Waals surface area contributed by atoms with Gasteiger partial charge in [0.15, 0.2) is 0 Å². The van der Waals surface area contributed by atoms with Crippen molar-refractivity contribution in [1.29, 1.82) is 0 Å². The number of carbonyl (C=O) groups excluding carboxylic acids is 1. The van der Waals surface area contributed by atoms with Gasteiger partial charge in [-0.15, -0.1) is 0 Å². The summed E-state index contributed by atoms with van der Waals surface area (Å²) in [6, 6.07) is 7.86. The molecule has 1 saturated heterocycles. The molecular weight excluding hydrogens is 256 g/mol. The largest absolute Gasteiger partial charge is 0.496 e. The van der Waals surface area contributed by atoms with Gasteiger partial charge in [-0.2, -0.15) is 0 Å². The summed E-state index contributed by atoms with van der Waals surface area (Å²) >= 11 is 0. The Morgan fingerprint density at radius 3 is 2.85 bits per heavy atom. The van der Waals surface area contributed by atoms with Gasteiger partial charge in [0, 0.05) is 24.7 Å². The molecule has 1 fully saturated rings. The fourth-order valence-corrected chi connectivity index (χ4v) is 2.57. The zero-order valence-corrected chi connectivity index (χ0v) is 11.5. The molecule has 2 aromatic rings. The summed E-state index contributed by atoms with van der Waals surface area (Å²) in [6.07, 6.45) is 1.94. The second-order valence-electron chi connectivity index (χ2n) is 4.83. The molecule has 1 aliphatic rings. The Kier molecular flexibility index (Phi) is 3.60. The molecule has 0 radical (unpaired) electrons. The van der Waals surface area contributed by atoms with E-state index in [9.17, 15) is 4.79 Å². The van der Waals surface area contributed by atoms with E-state index in [0.717, 1.165) is 16.7 Å². The van der Waals surface area contributed by atoms with Crippen molar-refractivity contribution in [1.82, 2.24) is 9.47 Å². The first-order valence-corrected chi connectivity index (χ1v) is 6.77. The van der Waals surface area contributed by atoms with E-state index in [-0.39, 0.29) is 5.91 Å². The maximum absolute atomic E-state index is 12.3. The number of aromatic nitrogens is 1. The monoisotopic (exact) mass is 274 g/mol. The molecule has 1 aliphatic heterocycles. The van der Waals surface area contributed by atoms with Gasteiger partial charge in [0.1, 0.15) is 12.3 Å². The third-order valence-corrected chi connectivity index (χ3v) is 3.66. The van der Waals surface area contributed by atoms with Crippen LogP contribution in [0.25, 0.3) is 10.9 Å². The van der Waals surface area contributed by atoms with E-state index in [2.05, 4.69) is 0 Å². The molecule has 0 aliphatic carbocycles. The van der Waals surface area contributed by atoms with Crippen molar-refractivity contribution in [3.63, 3.8) is 0 Å². The molecular formula is C15H18N2O3. The zero-order chi connectivity index (χ0) is 13.9. The van der Waals surface area contributed by atoms with E-state index in [1.807, 2.05) is 39.9 Å². The molecule has 1 aromatic carbocycles. The predicted octanol–water partition coefficient (Wildman–Crippen LogP) is 1.51. The first-order chi connectivity index (χ1) is 9.79. The molecule has 0 N–H and O–H groups in total. The van der Waals surface area contributed by atoms with Crippen molar-refractivity contribution in [2.75, 3.05) is 33.4 Å². The van der Waals surface area contributed by atoms with Gasteiger partial charge in [0.05, 0.1) is 25.8 Å². The first-order valence-electron chi connectivity index (χ1n) is 6.77. The molecule has 3 rings (SSSR count). The van der Waals surface area contributed by atoms with Crippen LogP contribution in [0, 0.1) is 0 Å². The predicted molar refractivity (Wildman–Crippen MR) is 75.9 cm³/mol. The van der Waals surface area contributed by atoms with Crippen LogP contribution >= 0.6 is 0 Å². The highest BCUT2D eigenvalue weighted by molar-refractivity contribution is 5.88. The Hall–Kier alpha value is -2.01. The number of fused-ring (bicyclic) bond motifs is 1. The Balaban J connectivity index is 1.82. The summed E-state index contributed by atoms with van der Waals surface area (Å²) < 4.78 is 12.6. The van der Waals surface area contributed by atoms with Crippen LogP contribution < -0.4 is 4.74 Å². The first kappa shape index (κ1) is 13.0. The SMILES string of the molecule is COc1cccc2c1ccn2CC(=O)N1CCOCC1. The Bertz CT molecular complexity index is 615. The normalized spacial score (nSPS) is 15.6. The number of methoxy groups -OCH3 is 1. The van der Waals surface area contributed by atoms with Crippen LogP contribution in [0.5, 0.6) is 5.75 Å². The molecule has 0 bridgehead atoms. The smallest absolute Gasteiger partial charge is 0.242 e. The molecule has 2 heterocycles. The van der Waals surface area contributed by atoms with Crippen LogP contribution in [0.4, 0.5) is 0 Å². The van der Waals surface area contributed by atoms with Gasteiger partial charge in [-0.25, -0.2) is 0 Å². The van der Waals surface area contributed by atoms with Crippen LogP contribution in [0.2, 0.25) is 0 Å². The molecule has 0 unspecified atom stereocenters. The van der Waals surface area contributed by atoms with Gasteiger partial charge < -0.3 is 18.9 Å². The quantitative estimate of drug-likeness (QED) is 0.852. The average Bonchev–Trinajstić information content (AvgIpc) is 2.91. The van der Waals surface area contributed by atoms with Crippen LogP contribution in [0.15, 0.2) is 30.5 Å². The molecule has 0 atom stereocenters. The van der Waals surface area contributed by atoms with Crippen LogP contribution in [0.1, 0.15) is 0 Å². The van der Waals surface area contributed by atoms with Crippen LogP contribution in [0.3, 0.4) is 0 Å². The van der Waals surface area contributed by atoms with Crippen molar-refractivity contribution in [2.45, 2.75) is 6.54 Å². The van der Waals surface area contributed by atoms with Crippen LogP contribution in [-0.4, -0.2) is 48.8 Å². The standard InChI is InChI=1S/C15H18N2O3/c1-19-14-4-2-3-13-12(14)5-6-17(13)11-15(18)16-7-9-20-10-8-16/h2-6H,7-11H2,1H3. The van der Waals surface area contributed by atoms with E-state index < -0.39 is 0 Å². The zero-order valence-electron chi connectivity index (χ0n) is 11.5. The van der Waals surface area contributed by atoms with Crippen molar-refractivity contribution < 1.29 is 14.3 Å². The van der Waals surface area contributed by atoms with Crippen molar-refractivity contribution >= 4 is 16.8 Å². The van der Waals surface area contributed by atoms with Gasteiger partial charge >= 0.3 is 0 Å². The van der Waals surface area contributed by atoms with Crippen molar-refractivity contribution in [3.8, 4) is 5.75 Å². The summed E-state index contributed by atoms with van der Waals surface area (Å²) in [5.41, 5.74) is 1.02. The summed E-state index contributed by atoms with van der Waals surface area (Å²) in [5, 5.41) is 1.03. The number of nitrogens with zero attached hydrogens (tertiary/aromatic N) is 2. The average molecular weight is 274 g/mol. The maximum atomic E-state index is 12.3. The number of amides is 1. The molecule has 0 spiro atoms. The second-order valence-corrected chi connectivity index (χ2v) is 4.83. The van der Waals surface area contributed by atoms with Gasteiger partial charge in [-0.1, -0.05) is 6.07 Å². The third kappa shape index (κ3) is 2.36. The summed E-state index contributed by atoms with van der Waals surface area (Å²) in [6.45, 7) is 2.98. The number of carbonyl (C=O) groups is 1. The lowest BCUT2D eigenvalue weighted by atomic mass is 10.2. The maximum Gasteiger partial charge on any atom is 0.242 e. The van der Waals surface area contributed by atoms with E-state index in [0.29, 0.717) is 32.8 Å². The fraction of sp³-hybridized carbons (Fsp3) is 0.400. The molecule has 1 amide bonds. The van der Waals surface area contributed by atoms with E-state index >= 15 is 0 Å². The topological polar surface area (TPSA) is 43.7 Å². The number of ether oxygens (including phenoxy) is 2. The fourth-order valence-electron chi connectivity index (χ4n) is 2.57. The Labute approximate surface area is 117 Å². The minimum absolute atomic E-state index is 0.133. The number of hydrogen-bond acceptors (Lipinski definition) is 3. The van der Waals surface area contributed by atoms with Crippen molar-refractivity contribution in [3.05, 3.63) is 30.5 Å². The lowest BCUT2D eigenvalue weighted by Gasteiger charge is -2.27. The van der Waals surface area contributed by atoms with Crippen molar-refractivity contribution in [2.24, 2.45) is 0 Å². The third-order valence-electron chi connectivity index (χ3n) is 3.66. The highest BCUT2D eigenvalue weighted by atomic mass is 16.5. The Morgan fingerprint density at radius 1 is 1.30 bits per heavy atom. The lowest BCUT2D eigenvalue weighted by molar-refractivity contribution is -0.135. The molecule has 5 nitrogen and oxygen atoms in total. The van der Waals surface area contributed by atoms with Gasteiger partial charge in [-0.05, 0) is 18.2 Å². The molecule has 5 heteroatoms. The molecule has 106 valence electrons. The van der Waals surface area contributed by atoms with E-state index in [1.54, 1.807) is 7.11 Å². The van der Waals surface area contributed by atoms with Crippen LogP contribution in [-0.2, 0) is 16.1 Å². The van der Waals surface area contributed by atoms with Gasteiger partial charge in [0.25, 0.3) is 0 Å². The Morgan fingerprint density at radius 2 is 2.10 bits per heavy atom.